The lowest BCUT2D eigenvalue weighted by atomic mass is 10.3. The van der Waals surface area contributed by atoms with E-state index in [0.717, 1.165) is 0 Å². The molecule has 1 rings (SSSR count). The average molecular weight is 224 g/mol. The van der Waals surface area contributed by atoms with Gasteiger partial charge in [-0.3, -0.25) is 9.59 Å². The first kappa shape index (κ1) is 11.9. The van der Waals surface area contributed by atoms with Gasteiger partial charge in [0.15, 0.2) is 11.5 Å². The quantitative estimate of drug-likeness (QED) is 0.588. The van der Waals surface area contributed by atoms with Crippen molar-refractivity contribution < 1.29 is 14.7 Å². The van der Waals surface area contributed by atoms with Crippen LogP contribution in [0.25, 0.3) is 0 Å². The Morgan fingerprint density at radius 3 is 2.69 bits per heavy atom. The highest BCUT2D eigenvalue weighted by Gasteiger charge is 2.10. The lowest BCUT2D eigenvalue weighted by molar-refractivity contribution is -0.137. The normalized spacial score (nSPS) is 9.75. The van der Waals surface area contributed by atoms with Crippen LogP contribution in [0.4, 0.5) is 5.82 Å². The molecule has 0 unspecified atom stereocenters. The van der Waals surface area contributed by atoms with Gasteiger partial charge in [-0.2, -0.15) is 0 Å². The Balaban J connectivity index is 2.41. The van der Waals surface area contributed by atoms with E-state index in [0.29, 0.717) is 6.42 Å². The standard InChI is InChI=1S/C9H12N4O3/c10-8-7(11-4-5-12-8)9(16)13-3-1-2-6(14)15/h4-5H,1-3H2,(H2,10,12)(H,13,16)(H,14,15). The monoisotopic (exact) mass is 224 g/mol. The fraction of sp³-hybridized carbons (Fsp3) is 0.333. The predicted octanol–water partition coefficient (Wildman–Crippen LogP) is -0.347. The summed E-state index contributed by atoms with van der Waals surface area (Å²) in [6.45, 7) is 0.265. The molecule has 0 aliphatic carbocycles. The number of nitrogens with zero attached hydrogens (tertiary/aromatic N) is 2. The van der Waals surface area contributed by atoms with E-state index in [1.807, 2.05) is 0 Å². The molecule has 7 heteroatoms. The Hall–Kier alpha value is -2.18. The molecule has 0 saturated carbocycles. The van der Waals surface area contributed by atoms with Gasteiger partial charge in [-0.15, -0.1) is 0 Å². The molecule has 4 N–H and O–H groups in total. The zero-order valence-electron chi connectivity index (χ0n) is 8.51. The molecule has 0 spiro atoms. The summed E-state index contributed by atoms with van der Waals surface area (Å²) >= 11 is 0. The van der Waals surface area contributed by atoms with E-state index in [-0.39, 0.29) is 24.5 Å². The summed E-state index contributed by atoms with van der Waals surface area (Å²) in [4.78, 5) is 29.2. The molecule has 0 saturated heterocycles. The largest absolute Gasteiger partial charge is 0.481 e. The van der Waals surface area contributed by atoms with E-state index in [1.165, 1.54) is 12.4 Å². The maximum atomic E-state index is 11.5. The Kier molecular flexibility index (Phi) is 4.19. The number of carboxylic acids is 1. The Morgan fingerprint density at radius 2 is 2.06 bits per heavy atom. The van der Waals surface area contributed by atoms with Gasteiger partial charge in [0.1, 0.15) is 0 Å². The van der Waals surface area contributed by atoms with E-state index in [2.05, 4.69) is 15.3 Å². The Labute approximate surface area is 91.7 Å². The van der Waals surface area contributed by atoms with Crippen molar-refractivity contribution in [2.24, 2.45) is 0 Å². The fourth-order valence-corrected chi connectivity index (χ4v) is 1.05. The van der Waals surface area contributed by atoms with Crippen LogP contribution in [-0.4, -0.2) is 33.5 Å². The third kappa shape index (κ3) is 3.52. The number of nitrogens with two attached hydrogens (primary N) is 1. The number of hydrogen-bond donors (Lipinski definition) is 3. The van der Waals surface area contributed by atoms with Crippen LogP contribution in [0.2, 0.25) is 0 Å². The topological polar surface area (TPSA) is 118 Å². The van der Waals surface area contributed by atoms with Crippen molar-refractivity contribution in [1.82, 2.24) is 15.3 Å². The molecular formula is C9H12N4O3. The molecule has 1 aromatic heterocycles. The average Bonchev–Trinajstić information content (AvgIpc) is 2.24. The fourth-order valence-electron chi connectivity index (χ4n) is 1.05. The Bertz CT molecular complexity index is 394. The van der Waals surface area contributed by atoms with Crippen LogP contribution >= 0.6 is 0 Å². The third-order valence-corrected chi connectivity index (χ3v) is 1.79. The first-order valence-corrected chi connectivity index (χ1v) is 4.67. The molecule has 86 valence electrons. The molecule has 1 amide bonds. The number of anilines is 1. The third-order valence-electron chi connectivity index (χ3n) is 1.79. The number of nitrogen functional groups attached to an aromatic ring is 1. The van der Waals surface area contributed by atoms with Crippen molar-refractivity contribution >= 4 is 17.7 Å². The molecule has 0 aliphatic rings. The van der Waals surface area contributed by atoms with Crippen LogP contribution in [0.3, 0.4) is 0 Å². The summed E-state index contributed by atoms with van der Waals surface area (Å²) in [6.07, 6.45) is 3.12. The van der Waals surface area contributed by atoms with Gasteiger partial charge in [-0.1, -0.05) is 0 Å². The summed E-state index contributed by atoms with van der Waals surface area (Å²) in [5.41, 5.74) is 5.50. The summed E-state index contributed by atoms with van der Waals surface area (Å²) < 4.78 is 0. The Morgan fingerprint density at radius 1 is 1.38 bits per heavy atom. The van der Waals surface area contributed by atoms with Crippen LogP contribution in [0.15, 0.2) is 12.4 Å². The van der Waals surface area contributed by atoms with Crippen LogP contribution in [0.1, 0.15) is 23.3 Å². The molecule has 1 heterocycles. The first-order valence-electron chi connectivity index (χ1n) is 4.67. The van der Waals surface area contributed by atoms with Crippen molar-refractivity contribution in [2.75, 3.05) is 12.3 Å². The second-order valence-corrected chi connectivity index (χ2v) is 3.04. The number of amides is 1. The van der Waals surface area contributed by atoms with Gasteiger partial charge in [-0.25, -0.2) is 9.97 Å². The van der Waals surface area contributed by atoms with E-state index >= 15 is 0 Å². The van der Waals surface area contributed by atoms with Crippen molar-refractivity contribution in [2.45, 2.75) is 12.8 Å². The van der Waals surface area contributed by atoms with Crippen LogP contribution in [0, 0.1) is 0 Å². The van der Waals surface area contributed by atoms with Gasteiger partial charge < -0.3 is 16.2 Å². The van der Waals surface area contributed by atoms with Gasteiger partial charge in [0.05, 0.1) is 0 Å². The van der Waals surface area contributed by atoms with E-state index in [4.69, 9.17) is 10.8 Å². The van der Waals surface area contributed by atoms with Crippen molar-refractivity contribution in [3.63, 3.8) is 0 Å². The van der Waals surface area contributed by atoms with Crippen LogP contribution < -0.4 is 11.1 Å². The predicted molar refractivity (Wildman–Crippen MR) is 55.6 cm³/mol. The molecule has 16 heavy (non-hydrogen) atoms. The molecule has 7 nitrogen and oxygen atoms in total. The minimum absolute atomic E-state index is 0.0101. The van der Waals surface area contributed by atoms with Crippen molar-refractivity contribution in [3.8, 4) is 0 Å². The highest BCUT2D eigenvalue weighted by Crippen LogP contribution is 2.02. The number of nitrogens with one attached hydrogen (secondary N) is 1. The first-order chi connectivity index (χ1) is 7.61. The lowest BCUT2D eigenvalue weighted by Crippen LogP contribution is -2.27. The SMILES string of the molecule is Nc1nccnc1C(=O)NCCCC(=O)O. The number of aromatic nitrogens is 2. The van der Waals surface area contributed by atoms with E-state index in [1.54, 1.807) is 0 Å². The van der Waals surface area contributed by atoms with Gasteiger partial charge >= 0.3 is 5.97 Å². The van der Waals surface area contributed by atoms with Crippen molar-refractivity contribution in [1.29, 1.82) is 0 Å². The molecule has 0 aliphatic heterocycles. The molecule has 0 radical (unpaired) electrons. The number of rotatable bonds is 5. The molecule has 0 atom stereocenters. The molecule has 0 aromatic carbocycles. The number of aliphatic carboxylic acids is 1. The molecule has 1 aromatic rings. The number of carbonyl (C=O) groups is 2. The summed E-state index contributed by atoms with van der Waals surface area (Å²) in [7, 11) is 0. The second-order valence-electron chi connectivity index (χ2n) is 3.04. The highest BCUT2D eigenvalue weighted by atomic mass is 16.4. The van der Waals surface area contributed by atoms with Crippen LogP contribution in [0.5, 0.6) is 0 Å². The highest BCUT2D eigenvalue weighted by molar-refractivity contribution is 5.96. The van der Waals surface area contributed by atoms with Gasteiger partial charge in [0.2, 0.25) is 0 Å². The van der Waals surface area contributed by atoms with E-state index < -0.39 is 11.9 Å². The smallest absolute Gasteiger partial charge is 0.303 e. The number of hydrogen-bond acceptors (Lipinski definition) is 5. The number of carbonyl (C=O) groups excluding carboxylic acids is 1. The molecule has 0 bridgehead atoms. The summed E-state index contributed by atoms with van der Waals surface area (Å²) in [6, 6.07) is 0. The maximum absolute atomic E-state index is 11.5. The zero-order chi connectivity index (χ0) is 12.0. The second kappa shape index (κ2) is 5.64. The van der Waals surface area contributed by atoms with E-state index in [9.17, 15) is 9.59 Å². The molecular weight excluding hydrogens is 212 g/mol. The minimum Gasteiger partial charge on any atom is -0.481 e. The minimum atomic E-state index is -0.895. The van der Waals surface area contributed by atoms with Gasteiger partial charge in [0, 0.05) is 25.4 Å². The number of carboxylic acid groups (broad SMARTS) is 1. The van der Waals surface area contributed by atoms with Crippen molar-refractivity contribution in [3.05, 3.63) is 18.1 Å². The zero-order valence-corrected chi connectivity index (χ0v) is 8.51. The summed E-state index contributed by atoms with van der Waals surface area (Å²) in [5.74, 6) is -1.29. The van der Waals surface area contributed by atoms with Gasteiger partial charge in [-0.05, 0) is 6.42 Å². The summed E-state index contributed by atoms with van der Waals surface area (Å²) in [5, 5.41) is 10.9. The van der Waals surface area contributed by atoms with Gasteiger partial charge in [0.25, 0.3) is 5.91 Å². The lowest BCUT2D eigenvalue weighted by Gasteiger charge is -2.04. The maximum Gasteiger partial charge on any atom is 0.303 e. The molecule has 0 fully saturated rings. The van der Waals surface area contributed by atoms with Crippen LogP contribution in [-0.2, 0) is 4.79 Å².